The molecule has 1 unspecified atom stereocenters. The first-order chi connectivity index (χ1) is 8.72. The Kier molecular flexibility index (Phi) is 4.48. The number of hydrogen-bond acceptors (Lipinski definition) is 3. The van der Waals surface area contributed by atoms with E-state index < -0.39 is 0 Å². The van der Waals surface area contributed by atoms with Crippen molar-refractivity contribution in [2.45, 2.75) is 26.3 Å². The van der Waals surface area contributed by atoms with Crippen LogP contribution in [0.15, 0.2) is 35.8 Å². The average molecular weight is 260 g/mol. The lowest BCUT2D eigenvalue weighted by molar-refractivity contribution is 0.658. The standard InChI is InChI=1S/C15H20N2S/c1-4-6-14(17-15-16-9-10-18-15)13-8-5-7-11(2)12(13)3/h4-5,7-8,14H,1,6,9-10H2,2-3H3,(H,16,17). The second kappa shape index (κ2) is 6.10. The first-order valence-electron chi connectivity index (χ1n) is 6.33. The van der Waals surface area contributed by atoms with Crippen LogP contribution in [0.4, 0.5) is 0 Å². The average Bonchev–Trinajstić information content (AvgIpc) is 2.85. The minimum atomic E-state index is 0.284. The third-order valence-corrected chi connectivity index (χ3v) is 4.21. The third-order valence-electron chi connectivity index (χ3n) is 3.31. The number of nitrogens with zero attached hydrogens (tertiary/aromatic N) is 1. The van der Waals surface area contributed by atoms with E-state index in [4.69, 9.17) is 0 Å². The molecular weight excluding hydrogens is 240 g/mol. The molecule has 0 saturated heterocycles. The molecule has 1 aromatic carbocycles. The van der Waals surface area contributed by atoms with Gasteiger partial charge in [0.05, 0.1) is 12.6 Å². The number of benzene rings is 1. The van der Waals surface area contributed by atoms with Gasteiger partial charge in [-0.2, -0.15) is 0 Å². The molecule has 0 radical (unpaired) electrons. The van der Waals surface area contributed by atoms with E-state index in [1.165, 1.54) is 16.7 Å². The molecular formula is C15H20N2S. The van der Waals surface area contributed by atoms with Crippen LogP contribution in [-0.4, -0.2) is 17.5 Å². The van der Waals surface area contributed by atoms with Crippen molar-refractivity contribution in [3.05, 3.63) is 47.5 Å². The number of thioether (sulfide) groups is 1. The predicted molar refractivity (Wildman–Crippen MR) is 81.4 cm³/mol. The van der Waals surface area contributed by atoms with Gasteiger partial charge in [-0.3, -0.25) is 4.99 Å². The van der Waals surface area contributed by atoms with Crippen molar-refractivity contribution in [1.29, 1.82) is 0 Å². The molecule has 18 heavy (non-hydrogen) atoms. The molecule has 0 saturated carbocycles. The summed E-state index contributed by atoms with van der Waals surface area (Å²) in [6.07, 6.45) is 2.89. The van der Waals surface area contributed by atoms with Gasteiger partial charge in [0.15, 0.2) is 5.17 Å². The van der Waals surface area contributed by atoms with Crippen LogP contribution in [0.1, 0.15) is 29.2 Å². The van der Waals surface area contributed by atoms with Crippen LogP contribution in [0, 0.1) is 13.8 Å². The summed E-state index contributed by atoms with van der Waals surface area (Å²) in [4.78, 5) is 4.47. The first kappa shape index (κ1) is 13.2. The molecule has 1 aliphatic rings. The van der Waals surface area contributed by atoms with Gasteiger partial charge in [-0.15, -0.1) is 6.58 Å². The van der Waals surface area contributed by atoms with E-state index in [-0.39, 0.29) is 6.04 Å². The number of hydrogen-bond donors (Lipinski definition) is 1. The van der Waals surface area contributed by atoms with E-state index >= 15 is 0 Å². The van der Waals surface area contributed by atoms with Crippen LogP contribution in [0.2, 0.25) is 0 Å². The van der Waals surface area contributed by atoms with Gasteiger partial charge >= 0.3 is 0 Å². The first-order valence-corrected chi connectivity index (χ1v) is 7.31. The number of aryl methyl sites for hydroxylation is 1. The van der Waals surface area contributed by atoms with Crippen LogP contribution < -0.4 is 5.32 Å². The van der Waals surface area contributed by atoms with Gasteiger partial charge in [0.1, 0.15) is 0 Å². The van der Waals surface area contributed by atoms with Crippen molar-refractivity contribution in [2.75, 3.05) is 12.3 Å². The fraction of sp³-hybridized carbons (Fsp3) is 0.400. The largest absolute Gasteiger partial charge is 0.358 e. The summed E-state index contributed by atoms with van der Waals surface area (Å²) < 4.78 is 0. The lowest BCUT2D eigenvalue weighted by Gasteiger charge is -2.21. The second-order valence-electron chi connectivity index (χ2n) is 4.55. The topological polar surface area (TPSA) is 24.4 Å². The van der Waals surface area contributed by atoms with Gasteiger partial charge in [-0.1, -0.05) is 36.0 Å². The lowest BCUT2D eigenvalue weighted by atomic mass is 9.96. The Balaban J connectivity index is 2.23. The van der Waals surface area contributed by atoms with Crippen molar-refractivity contribution in [1.82, 2.24) is 5.32 Å². The zero-order valence-corrected chi connectivity index (χ0v) is 11.9. The number of aliphatic imine (C=N–C) groups is 1. The maximum atomic E-state index is 4.47. The van der Waals surface area contributed by atoms with E-state index in [1.54, 1.807) is 11.8 Å². The normalized spacial score (nSPS) is 16.2. The Morgan fingerprint density at radius 2 is 2.33 bits per heavy atom. The fourth-order valence-corrected chi connectivity index (χ4v) is 2.94. The SMILES string of the molecule is C=CCC(NC1=NCCS1)c1cccc(C)c1C. The summed E-state index contributed by atoms with van der Waals surface area (Å²) in [5.74, 6) is 1.09. The molecule has 0 amide bonds. The second-order valence-corrected chi connectivity index (χ2v) is 5.63. The molecule has 1 aromatic rings. The maximum Gasteiger partial charge on any atom is 0.157 e. The Labute approximate surface area is 114 Å². The van der Waals surface area contributed by atoms with Crippen LogP contribution in [0.3, 0.4) is 0 Å². The minimum Gasteiger partial charge on any atom is -0.358 e. The zero-order valence-electron chi connectivity index (χ0n) is 11.1. The van der Waals surface area contributed by atoms with Gasteiger partial charge < -0.3 is 5.32 Å². The predicted octanol–water partition coefficient (Wildman–Crippen LogP) is 3.61. The Morgan fingerprint density at radius 1 is 1.50 bits per heavy atom. The van der Waals surface area contributed by atoms with Gasteiger partial charge in [0.25, 0.3) is 0 Å². The number of amidine groups is 1. The molecule has 0 fully saturated rings. The van der Waals surface area contributed by atoms with Crippen molar-refractivity contribution in [3.8, 4) is 0 Å². The lowest BCUT2D eigenvalue weighted by Crippen LogP contribution is -2.25. The van der Waals surface area contributed by atoms with Crippen molar-refractivity contribution in [3.63, 3.8) is 0 Å². The number of nitrogens with one attached hydrogen (secondary N) is 1. The summed E-state index contributed by atoms with van der Waals surface area (Å²) in [5, 5.41) is 4.61. The highest BCUT2D eigenvalue weighted by molar-refractivity contribution is 8.14. The van der Waals surface area contributed by atoms with Crippen LogP contribution in [0.5, 0.6) is 0 Å². The minimum absolute atomic E-state index is 0.284. The van der Waals surface area contributed by atoms with Crippen LogP contribution in [-0.2, 0) is 0 Å². The third kappa shape index (κ3) is 2.96. The molecule has 2 nitrogen and oxygen atoms in total. The van der Waals surface area contributed by atoms with Crippen molar-refractivity contribution in [2.24, 2.45) is 4.99 Å². The van der Waals surface area contributed by atoms with Gasteiger partial charge in [-0.05, 0) is 37.0 Å². The summed E-state index contributed by atoms with van der Waals surface area (Å²) in [5.41, 5.74) is 4.05. The molecule has 1 heterocycles. The summed E-state index contributed by atoms with van der Waals surface area (Å²) in [7, 11) is 0. The molecule has 3 heteroatoms. The molecule has 0 spiro atoms. The molecule has 1 atom stereocenters. The number of rotatable bonds is 4. The molecule has 0 aliphatic carbocycles. The Morgan fingerprint density at radius 3 is 3.00 bits per heavy atom. The summed E-state index contributed by atoms with van der Waals surface area (Å²) >= 11 is 1.81. The molecule has 1 N–H and O–H groups in total. The van der Waals surface area contributed by atoms with E-state index in [1.807, 2.05) is 6.08 Å². The quantitative estimate of drug-likeness (QED) is 0.836. The van der Waals surface area contributed by atoms with E-state index in [2.05, 4.69) is 48.9 Å². The molecule has 2 rings (SSSR count). The fourth-order valence-electron chi connectivity index (χ4n) is 2.15. The highest BCUT2D eigenvalue weighted by Gasteiger charge is 2.16. The highest BCUT2D eigenvalue weighted by Crippen LogP contribution is 2.25. The molecule has 1 aliphatic heterocycles. The molecule has 0 aromatic heterocycles. The smallest absolute Gasteiger partial charge is 0.157 e. The van der Waals surface area contributed by atoms with Gasteiger partial charge in [0.2, 0.25) is 0 Å². The summed E-state index contributed by atoms with van der Waals surface area (Å²) in [6, 6.07) is 6.76. The molecule has 96 valence electrons. The van der Waals surface area contributed by atoms with E-state index in [9.17, 15) is 0 Å². The van der Waals surface area contributed by atoms with Gasteiger partial charge in [-0.25, -0.2) is 0 Å². The molecule has 0 bridgehead atoms. The zero-order chi connectivity index (χ0) is 13.0. The van der Waals surface area contributed by atoms with Crippen LogP contribution >= 0.6 is 11.8 Å². The maximum absolute atomic E-state index is 4.47. The Bertz CT molecular complexity index is 466. The van der Waals surface area contributed by atoms with Gasteiger partial charge in [0, 0.05) is 5.75 Å². The van der Waals surface area contributed by atoms with Crippen molar-refractivity contribution >= 4 is 16.9 Å². The van der Waals surface area contributed by atoms with Crippen molar-refractivity contribution < 1.29 is 0 Å². The highest BCUT2D eigenvalue weighted by atomic mass is 32.2. The van der Waals surface area contributed by atoms with Crippen LogP contribution in [0.25, 0.3) is 0 Å². The van der Waals surface area contributed by atoms with E-state index in [0.29, 0.717) is 0 Å². The Hall–Kier alpha value is -1.22. The van der Waals surface area contributed by atoms with E-state index in [0.717, 1.165) is 23.9 Å². The monoisotopic (exact) mass is 260 g/mol. The summed E-state index contributed by atoms with van der Waals surface area (Å²) in [6.45, 7) is 9.14.